The Balaban J connectivity index is 2.24. The third-order valence-electron chi connectivity index (χ3n) is 4.17. The molecule has 8 nitrogen and oxygen atoms in total. The van der Waals surface area contributed by atoms with Crippen molar-refractivity contribution in [3.8, 4) is 0 Å². The average Bonchev–Trinajstić information content (AvgIpc) is 2.90. The van der Waals surface area contributed by atoms with Crippen molar-refractivity contribution in [3.05, 3.63) is 11.6 Å². The zero-order chi connectivity index (χ0) is 18.8. The molecule has 0 aromatic rings. The SMILES string of the molecule is COC(=O)[C@@H]1CC(C(O)C2=CCOCC2)C(=O)N1C(=O)OC(C)(C)C. The summed E-state index contributed by atoms with van der Waals surface area (Å²) in [5.74, 6) is -2.25. The number of aliphatic hydroxyl groups is 1. The Kier molecular flexibility index (Phi) is 5.84. The molecular weight excluding hydrogens is 330 g/mol. The third kappa shape index (κ3) is 4.38. The lowest BCUT2D eigenvalue weighted by Crippen LogP contribution is -2.46. The summed E-state index contributed by atoms with van der Waals surface area (Å²) in [5, 5.41) is 10.6. The van der Waals surface area contributed by atoms with E-state index in [4.69, 9.17) is 14.2 Å². The van der Waals surface area contributed by atoms with Gasteiger partial charge in [-0.3, -0.25) is 4.79 Å². The largest absolute Gasteiger partial charge is 0.467 e. The average molecular weight is 355 g/mol. The molecule has 2 aliphatic rings. The fourth-order valence-corrected chi connectivity index (χ4v) is 2.98. The van der Waals surface area contributed by atoms with E-state index in [1.807, 2.05) is 0 Å². The van der Waals surface area contributed by atoms with Crippen molar-refractivity contribution >= 4 is 18.0 Å². The van der Waals surface area contributed by atoms with Gasteiger partial charge in [0.1, 0.15) is 11.6 Å². The minimum absolute atomic E-state index is 0.00981. The van der Waals surface area contributed by atoms with Crippen LogP contribution in [0.2, 0.25) is 0 Å². The van der Waals surface area contributed by atoms with Crippen LogP contribution >= 0.6 is 0 Å². The van der Waals surface area contributed by atoms with E-state index in [1.165, 1.54) is 7.11 Å². The summed E-state index contributed by atoms with van der Waals surface area (Å²) in [7, 11) is 1.19. The number of likely N-dealkylation sites (tertiary alicyclic amines) is 1. The molecule has 140 valence electrons. The van der Waals surface area contributed by atoms with E-state index in [9.17, 15) is 19.5 Å². The molecule has 2 amide bonds. The number of ether oxygens (including phenoxy) is 3. The van der Waals surface area contributed by atoms with Gasteiger partial charge < -0.3 is 19.3 Å². The van der Waals surface area contributed by atoms with E-state index >= 15 is 0 Å². The molecule has 1 N–H and O–H groups in total. The number of nitrogens with zero attached hydrogens (tertiary/aromatic N) is 1. The van der Waals surface area contributed by atoms with Crippen molar-refractivity contribution in [3.63, 3.8) is 0 Å². The molecule has 0 aromatic carbocycles. The monoisotopic (exact) mass is 355 g/mol. The Morgan fingerprint density at radius 2 is 2.08 bits per heavy atom. The van der Waals surface area contributed by atoms with Crippen molar-refractivity contribution in [2.45, 2.75) is 51.4 Å². The third-order valence-corrected chi connectivity index (χ3v) is 4.17. The smallest absolute Gasteiger partial charge is 0.417 e. The van der Waals surface area contributed by atoms with Crippen LogP contribution in [0.4, 0.5) is 4.79 Å². The highest BCUT2D eigenvalue weighted by molar-refractivity contribution is 6.01. The van der Waals surface area contributed by atoms with Gasteiger partial charge in [-0.05, 0) is 39.2 Å². The van der Waals surface area contributed by atoms with Gasteiger partial charge in [0.15, 0.2) is 0 Å². The van der Waals surface area contributed by atoms with Crippen molar-refractivity contribution < 1.29 is 33.7 Å². The second-order valence-electron chi connectivity index (χ2n) is 7.12. The number of rotatable bonds is 3. The van der Waals surface area contributed by atoms with Gasteiger partial charge in [-0.1, -0.05) is 6.08 Å². The molecule has 2 aliphatic heterocycles. The number of carbonyl (C=O) groups is 3. The number of amides is 2. The molecular formula is C17H25NO7. The molecule has 0 aliphatic carbocycles. The Labute approximate surface area is 146 Å². The second-order valence-corrected chi connectivity index (χ2v) is 7.12. The predicted molar refractivity (Wildman–Crippen MR) is 86.5 cm³/mol. The molecule has 1 saturated heterocycles. The van der Waals surface area contributed by atoms with Crippen LogP contribution in [0.3, 0.4) is 0 Å². The predicted octanol–water partition coefficient (Wildman–Crippen LogP) is 1.02. The maximum absolute atomic E-state index is 12.7. The normalized spacial score (nSPS) is 25.4. The van der Waals surface area contributed by atoms with Crippen LogP contribution in [-0.2, 0) is 23.8 Å². The number of methoxy groups -OCH3 is 1. The van der Waals surface area contributed by atoms with Crippen LogP contribution < -0.4 is 0 Å². The van der Waals surface area contributed by atoms with Gasteiger partial charge >= 0.3 is 12.1 Å². The minimum Gasteiger partial charge on any atom is -0.467 e. The van der Waals surface area contributed by atoms with E-state index in [1.54, 1.807) is 26.8 Å². The summed E-state index contributed by atoms with van der Waals surface area (Å²) in [6, 6.07) is -1.10. The molecule has 3 atom stereocenters. The number of carbonyl (C=O) groups excluding carboxylic acids is 3. The summed E-state index contributed by atoms with van der Waals surface area (Å²) in [5.41, 5.74) is -0.142. The number of esters is 1. The Morgan fingerprint density at radius 1 is 1.40 bits per heavy atom. The molecule has 0 radical (unpaired) electrons. The fourth-order valence-electron chi connectivity index (χ4n) is 2.98. The first-order valence-electron chi connectivity index (χ1n) is 8.24. The zero-order valence-corrected chi connectivity index (χ0v) is 15.0. The lowest BCUT2D eigenvalue weighted by Gasteiger charge is -2.26. The van der Waals surface area contributed by atoms with Crippen molar-refractivity contribution in [1.29, 1.82) is 0 Å². The summed E-state index contributed by atoms with van der Waals surface area (Å²) in [6.45, 7) is 5.82. The second kappa shape index (κ2) is 7.53. The number of hydrogen-bond donors (Lipinski definition) is 1. The molecule has 25 heavy (non-hydrogen) atoms. The molecule has 2 unspecified atom stereocenters. The fraction of sp³-hybridized carbons (Fsp3) is 0.706. The summed E-state index contributed by atoms with van der Waals surface area (Å²) >= 11 is 0. The van der Waals surface area contributed by atoms with Crippen LogP contribution in [0.25, 0.3) is 0 Å². The van der Waals surface area contributed by atoms with E-state index < -0.39 is 41.6 Å². The molecule has 2 rings (SSSR count). The van der Waals surface area contributed by atoms with Crippen LogP contribution in [0.1, 0.15) is 33.6 Å². The number of hydrogen-bond acceptors (Lipinski definition) is 7. The minimum atomic E-state index is -1.10. The van der Waals surface area contributed by atoms with Gasteiger partial charge in [-0.25, -0.2) is 14.5 Å². The number of aliphatic hydroxyl groups excluding tert-OH is 1. The van der Waals surface area contributed by atoms with Crippen molar-refractivity contribution in [1.82, 2.24) is 4.90 Å². The van der Waals surface area contributed by atoms with Crippen molar-refractivity contribution in [2.24, 2.45) is 5.92 Å². The molecule has 0 aromatic heterocycles. The van der Waals surface area contributed by atoms with Gasteiger partial charge in [0.2, 0.25) is 5.91 Å². The Bertz CT molecular complexity index is 578. The molecule has 2 heterocycles. The maximum atomic E-state index is 12.7. The summed E-state index contributed by atoms with van der Waals surface area (Å²) in [4.78, 5) is 38.0. The van der Waals surface area contributed by atoms with E-state index in [0.29, 0.717) is 25.2 Å². The summed E-state index contributed by atoms with van der Waals surface area (Å²) < 4.78 is 15.1. The van der Waals surface area contributed by atoms with E-state index in [2.05, 4.69) is 0 Å². The first-order chi connectivity index (χ1) is 11.7. The van der Waals surface area contributed by atoms with Gasteiger partial charge in [0.05, 0.1) is 32.3 Å². The summed E-state index contributed by atoms with van der Waals surface area (Å²) in [6.07, 6.45) is 0.231. The first-order valence-corrected chi connectivity index (χ1v) is 8.24. The molecule has 0 spiro atoms. The van der Waals surface area contributed by atoms with Crippen LogP contribution in [-0.4, -0.2) is 66.0 Å². The first kappa shape index (κ1) is 19.4. The lowest BCUT2D eigenvalue weighted by molar-refractivity contribution is -0.149. The van der Waals surface area contributed by atoms with E-state index in [0.717, 1.165) is 4.90 Å². The van der Waals surface area contributed by atoms with Gasteiger partial charge in [-0.15, -0.1) is 0 Å². The Hall–Kier alpha value is -1.93. The highest BCUT2D eigenvalue weighted by Gasteiger charge is 2.51. The quantitative estimate of drug-likeness (QED) is 0.595. The maximum Gasteiger partial charge on any atom is 0.417 e. The molecule has 0 saturated carbocycles. The van der Waals surface area contributed by atoms with Crippen LogP contribution in [0, 0.1) is 5.92 Å². The highest BCUT2D eigenvalue weighted by Crippen LogP contribution is 2.33. The topological polar surface area (TPSA) is 102 Å². The van der Waals surface area contributed by atoms with Gasteiger partial charge in [0, 0.05) is 0 Å². The van der Waals surface area contributed by atoms with Gasteiger partial charge in [0.25, 0.3) is 0 Å². The van der Waals surface area contributed by atoms with E-state index in [-0.39, 0.29) is 6.42 Å². The number of imide groups is 1. The standard InChI is InChI=1S/C17H25NO7/c1-17(2,3)25-16(22)18-12(15(21)23-4)9-11(14(18)20)13(19)10-5-7-24-8-6-10/h5,11-13,19H,6-9H2,1-4H3/t11?,12-,13?/m0/s1. The molecule has 1 fully saturated rings. The lowest BCUT2D eigenvalue weighted by atomic mass is 9.90. The van der Waals surface area contributed by atoms with Gasteiger partial charge in [-0.2, -0.15) is 0 Å². The zero-order valence-electron chi connectivity index (χ0n) is 15.0. The molecule has 8 heteroatoms. The van der Waals surface area contributed by atoms with Crippen molar-refractivity contribution in [2.75, 3.05) is 20.3 Å². The Morgan fingerprint density at radius 3 is 2.60 bits per heavy atom. The van der Waals surface area contributed by atoms with Crippen LogP contribution in [0.5, 0.6) is 0 Å². The molecule has 0 bridgehead atoms. The highest BCUT2D eigenvalue weighted by atomic mass is 16.6. The van der Waals surface area contributed by atoms with Crippen LogP contribution in [0.15, 0.2) is 11.6 Å².